The number of benzene rings is 9. The van der Waals surface area contributed by atoms with Gasteiger partial charge in [0.15, 0.2) is 0 Å². The van der Waals surface area contributed by atoms with Crippen molar-refractivity contribution < 1.29 is 0 Å². The largest absolute Gasteiger partial charge is 0.0713 e. The van der Waals surface area contributed by atoms with Gasteiger partial charge in [-0.1, -0.05) is 182 Å². The van der Waals surface area contributed by atoms with Gasteiger partial charge in [-0.15, -0.1) is 0 Å². The van der Waals surface area contributed by atoms with E-state index in [2.05, 4.69) is 194 Å². The van der Waals surface area contributed by atoms with Crippen molar-refractivity contribution in [3.63, 3.8) is 0 Å². The molecule has 0 saturated carbocycles. The fraction of sp³-hybridized carbons (Fsp3) is 0.0204. The lowest BCUT2D eigenvalue weighted by molar-refractivity contribution is 0.769. The van der Waals surface area contributed by atoms with Crippen LogP contribution in [0.1, 0.15) is 22.3 Å². The fourth-order valence-electron chi connectivity index (χ4n) is 8.70. The Balaban J connectivity index is 1.30. The van der Waals surface area contributed by atoms with Gasteiger partial charge in [0.1, 0.15) is 0 Å². The molecule has 0 aliphatic heterocycles. The molecule has 0 amide bonds. The zero-order valence-electron chi connectivity index (χ0n) is 27.0. The quantitative estimate of drug-likeness (QED) is 0.172. The average molecular weight is 621 g/mol. The fourth-order valence-corrected chi connectivity index (χ4v) is 8.70. The van der Waals surface area contributed by atoms with Gasteiger partial charge in [-0.3, -0.25) is 0 Å². The second kappa shape index (κ2) is 10.9. The normalized spacial score (nSPS) is 13.1. The third kappa shape index (κ3) is 4.04. The van der Waals surface area contributed by atoms with Gasteiger partial charge < -0.3 is 0 Å². The number of hydrogen-bond donors (Lipinski definition) is 0. The monoisotopic (exact) mass is 620 g/mol. The van der Waals surface area contributed by atoms with Crippen LogP contribution in [-0.4, -0.2) is 0 Å². The van der Waals surface area contributed by atoms with Crippen molar-refractivity contribution in [3.05, 3.63) is 216 Å². The average Bonchev–Trinajstić information content (AvgIpc) is 3.48. The summed E-state index contributed by atoms with van der Waals surface area (Å²) >= 11 is 0. The summed E-state index contributed by atoms with van der Waals surface area (Å²) in [6.45, 7) is 0. The second-order valence-corrected chi connectivity index (χ2v) is 13.2. The highest BCUT2D eigenvalue weighted by Crippen LogP contribution is 2.57. The molecular formula is C49H32. The van der Waals surface area contributed by atoms with Crippen LogP contribution in [-0.2, 0) is 5.41 Å². The van der Waals surface area contributed by atoms with Crippen molar-refractivity contribution in [3.8, 4) is 33.4 Å². The zero-order chi connectivity index (χ0) is 32.4. The predicted octanol–water partition coefficient (Wildman–Crippen LogP) is 12.8. The molecule has 49 heavy (non-hydrogen) atoms. The van der Waals surface area contributed by atoms with Gasteiger partial charge in [0.2, 0.25) is 0 Å². The molecule has 0 aromatic heterocycles. The van der Waals surface area contributed by atoms with E-state index in [1.165, 1.54) is 88.0 Å². The van der Waals surface area contributed by atoms with Crippen LogP contribution < -0.4 is 0 Å². The molecule has 0 spiro atoms. The first-order valence-corrected chi connectivity index (χ1v) is 17.1. The van der Waals surface area contributed by atoms with E-state index in [1.807, 2.05) is 0 Å². The second-order valence-electron chi connectivity index (χ2n) is 13.2. The van der Waals surface area contributed by atoms with Crippen molar-refractivity contribution in [2.75, 3.05) is 0 Å². The van der Waals surface area contributed by atoms with Gasteiger partial charge in [-0.25, -0.2) is 0 Å². The van der Waals surface area contributed by atoms with Crippen LogP contribution in [0.25, 0.3) is 65.7 Å². The molecule has 0 bridgehead atoms. The highest BCUT2D eigenvalue weighted by molar-refractivity contribution is 6.21. The van der Waals surface area contributed by atoms with E-state index in [4.69, 9.17) is 0 Å². The van der Waals surface area contributed by atoms with Crippen LogP contribution in [0.15, 0.2) is 194 Å². The summed E-state index contributed by atoms with van der Waals surface area (Å²) in [6, 6.07) is 71.9. The maximum absolute atomic E-state index is 2.50. The molecule has 0 unspecified atom stereocenters. The van der Waals surface area contributed by atoms with Gasteiger partial charge in [0.05, 0.1) is 5.41 Å². The molecule has 0 fully saturated rings. The molecule has 0 atom stereocenters. The Morgan fingerprint density at radius 1 is 0.286 bits per heavy atom. The van der Waals surface area contributed by atoms with E-state index >= 15 is 0 Å². The van der Waals surface area contributed by atoms with Crippen LogP contribution in [0, 0.1) is 0 Å². The first-order valence-electron chi connectivity index (χ1n) is 17.1. The summed E-state index contributed by atoms with van der Waals surface area (Å²) in [5, 5.41) is 7.60. The van der Waals surface area contributed by atoms with Crippen LogP contribution in [0.5, 0.6) is 0 Å². The van der Waals surface area contributed by atoms with Gasteiger partial charge in [-0.2, -0.15) is 0 Å². The minimum absolute atomic E-state index is 0.443. The zero-order valence-corrected chi connectivity index (χ0v) is 27.0. The minimum Gasteiger partial charge on any atom is -0.0622 e. The summed E-state index contributed by atoms with van der Waals surface area (Å²) < 4.78 is 0. The Morgan fingerprint density at radius 2 is 0.735 bits per heavy atom. The molecule has 1 aliphatic carbocycles. The maximum atomic E-state index is 2.50. The first-order chi connectivity index (χ1) is 24.3. The molecule has 0 nitrogen and oxygen atoms in total. The van der Waals surface area contributed by atoms with E-state index < -0.39 is 5.41 Å². The molecule has 0 heterocycles. The lowest BCUT2D eigenvalue weighted by Gasteiger charge is -2.34. The lowest BCUT2D eigenvalue weighted by Crippen LogP contribution is -2.28. The smallest absolute Gasteiger partial charge is 0.0622 e. The maximum Gasteiger partial charge on any atom is 0.0713 e. The lowest BCUT2D eigenvalue weighted by atomic mass is 9.67. The Labute approximate surface area is 286 Å². The molecule has 10 rings (SSSR count). The van der Waals surface area contributed by atoms with Gasteiger partial charge >= 0.3 is 0 Å². The predicted molar refractivity (Wildman–Crippen MR) is 207 cm³/mol. The van der Waals surface area contributed by atoms with E-state index in [0.29, 0.717) is 0 Å². The van der Waals surface area contributed by atoms with Crippen LogP contribution in [0.4, 0.5) is 0 Å². The van der Waals surface area contributed by atoms with Gasteiger partial charge in [0.25, 0.3) is 0 Å². The standard InChI is InChI=1S/C49H32/c1-3-17-37(18-4-1)49(38-19-5-2-6-20-38)45-26-14-13-21-39(45)40-30-29-36(32-46(40)49)48-43-24-11-9-22-41(43)47(42-23-10-12-25-44(42)48)35-28-27-33-15-7-8-16-34(33)31-35/h1-32H. The third-order valence-corrected chi connectivity index (χ3v) is 10.7. The summed E-state index contributed by atoms with van der Waals surface area (Å²) in [5.74, 6) is 0. The Kier molecular flexibility index (Phi) is 6.19. The van der Waals surface area contributed by atoms with E-state index in [9.17, 15) is 0 Å². The summed E-state index contributed by atoms with van der Waals surface area (Å²) in [4.78, 5) is 0. The molecule has 1 aliphatic rings. The summed E-state index contributed by atoms with van der Waals surface area (Å²) in [6.07, 6.45) is 0. The van der Waals surface area contributed by atoms with Crippen molar-refractivity contribution in [1.82, 2.24) is 0 Å². The Morgan fingerprint density at radius 3 is 1.35 bits per heavy atom. The number of rotatable bonds is 4. The number of fused-ring (bicyclic) bond motifs is 6. The van der Waals surface area contributed by atoms with E-state index in [0.717, 1.165) is 0 Å². The molecule has 228 valence electrons. The van der Waals surface area contributed by atoms with Crippen LogP contribution in [0.2, 0.25) is 0 Å². The topological polar surface area (TPSA) is 0 Å². The van der Waals surface area contributed by atoms with E-state index in [-0.39, 0.29) is 0 Å². The van der Waals surface area contributed by atoms with Crippen LogP contribution >= 0.6 is 0 Å². The van der Waals surface area contributed by atoms with Crippen LogP contribution in [0.3, 0.4) is 0 Å². The van der Waals surface area contributed by atoms with Crippen molar-refractivity contribution >= 4 is 32.3 Å². The Bertz CT molecular complexity index is 2600. The highest BCUT2D eigenvalue weighted by Gasteiger charge is 2.46. The van der Waals surface area contributed by atoms with Gasteiger partial charge in [0, 0.05) is 0 Å². The third-order valence-electron chi connectivity index (χ3n) is 10.7. The highest BCUT2D eigenvalue weighted by atomic mass is 14.5. The molecule has 0 heteroatoms. The van der Waals surface area contributed by atoms with Crippen molar-refractivity contribution in [2.45, 2.75) is 5.41 Å². The van der Waals surface area contributed by atoms with E-state index in [1.54, 1.807) is 0 Å². The van der Waals surface area contributed by atoms with Crippen molar-refractivity contribution in [2.24, 2.45) is 0 Å². The van der Waals surface area contributed by atoms with Gasteiger partial charge in [-0.05, 0) is 100 Å². The molecule has 9 aromatic carbocycles. The molecule has 0 N–H and O–H groups in total. The SMILES string of the molecule is c1ccc(C2(c3ccccc3)c3ccccc3-c3ccc(-c4c5ccccc5c(-c5ccc6ccccc6c5)c5ccccc45)cc32)cc1. The van der Waals surface area contributed by atoms with Crippen molar-refractivity contribution in [1.29, 1.82) is 0 Å². The summed E-state index contributed by atoms with van der Waals surface area (Å²) in [7, 11) is 0. The Hall–Kier alpha value is -6.24. The molecule has 0 radical (unpaired) electrons. The molecule has 9 aromatic rings. The molecule has 0 saturated heterocycles. The number of hydrogen-bond acceptors (Lipinski definition) is 0. The summed E-state index contributed by atoms with van der Waals surface area (Å²) in [5.41, 5.74) is 12.4. The first kappa shape index (κ1) is 27.8. The molecular weight excluding hydrogens is 589 g/mol. The minimum atomic E-state index is -0.443.